The first-order chi connectivity index (χ1) is 11.6. The SMILES string of the molecule is CN=c1scc(-c2cccc(Br)c2)n1/N=C/c1cc(C)ccc1C. The number of hydrogen-bond donors (Lipinski definition) is 0. The van der Waals surface area contributed by atoms with Gasteiger partial charge in [0.1, 0.15) is 0 Å². The van der Waals surface area contributed by atoms with Gasteiger partial charge in [0.2, 0.25) is 4.80 Å². The molecule has 0 unspecified atom stereocenters. The van der Waals surface area contributed by atoms with Crippen molar-refractivity contribution in [3.8, 4) is 11.3 Å². The lowest BCUT2D eigenvalue weighted by molar-refractivity contribution is 0.848. The molecule has 0 spiro atoms. The minimum Gasteiger partial charge on any atom is -0.261 e. The summed E-state index contributed by atoms with van der Waals surface area (Å²) in [5.74, 6) is 0. The first kappa shape index (κ1) is 16.9. The van der Waals surface area contributed by atoms with E-state index in [-0.39, 0.29) is 0 Å². The average Bonchev–Trinajstić information content (AvgIpc) is 2.98. The maximum Gasteiger partial charge on any atom is 0.205 e. The molecule has 3 nitrogen and oxygen atoms in total. The van der Waals surface area contributed by atoms with Crippen LogP contribution >= 0.6 is 27.3 Å². The maximum atomic E-state index is 4.71. The molecule has 24 heavy (non-hydrogen) atoms. The Bertz CT molecular complexity index is 967. The number of rotatable bonds is 3. The Labute approximate surface area is 154 Å². The van der Waals surface area contributed by atoms with E-state index in [9.17, 15) is 0 Å². The highest BCUT2D eigenvalue weighted by Gasteiger charge is 2.07. The molecule has 0 N–H and O–H groups in total. The Kier molecular flexibility index (Phi) is 5.11. The first-order valence-corrected chi connectivity index (χ1v) is 9.26. The van der Waals surface area contributed by atoms with Crippen LogP contribution in [0.25, 0.3) is 11.3 Å². The Morgan fingerprint density at radius 2 is 1.96 bits per heavy atom. The summed E-state index contributed by atoms with van der Waals surface area (Å²) in [6, 6.07) is 14.6. The third-order valence-corrected chi connectivity index (χ3v) is 5.14. The number of aromatic nitrogens is 1. The molecule has 2 aromatic carbocycles. The number of thiazole rings is 1. The average molecular weight is 400 g/mol. The van der Waals surface area contributed by atoms with Crippen LogP contribution in [0.2, 0.25) is 0 Å². The molecule has 0 amide bonds. The van der Waals surface area contributed by atoms with Crippen molar-refractivity contribution in [1.82, 2.24) is 4.68 Å². The van der Waals surface area contributed by atoms with E-state index in [4.69, 9.17) is 5.10 Å². The fraction of sp³-hybridized carbons (Fsp3) is 0.158. The second kappa shape index (κ2) is 7.28. The van der Waals surface area contributed by atoms with E-state index in [2.05, 4.69) is 70.5 Å². The van der Waals surface area contributed by atoms with Crippen molar-refractivity contribution in [1.29, 1.82) is 0 Å². The van der Waals surface area contributed by atoms with Crippen molar-refractivity contribution in [2.24, 2.45) is 10.1 Å². The van der Waals surface area contributed by atoms with Gasteiger partial charge in [-0.3, -0.25) is 4.99 Å². The highest BCUT2D eigenvalue weighted by Crippen LogP contribution is 2.23. The van der Waals surface area contributed by atoms with Crippen molar-refractivity contribution >= 4 is 33.5 Å². The summed E-state index contributed by atoms with van der Waals surface area (Å²) >= 11 is 5.12. The van der Waals surface area contributed by atoms with Crippen LogP contribution in [-0.4, -0.2) is 17.9 Å². The molecule has 3 rings (SSSR count). The summed E-state index contributed by atoms with van der Waals surface area (Å²) in [6.07, 6.45) is 1.91. The van der Waals surface area contributed by atoms with Crippen LogP contribution in [-0.2, 0) is 0 Å². The summed E-state index contributed by atoms with van der Waals surface area (Å²) < 4.78 is 2.94. The number of halogens is 1. The molecule has 0 fully saturated rings. The van der Waals surface area contributed by atoms with Gasteiger partial charge in [-0.2, -0.15) is 5.10 Å². The van der Waals surface area contributed by atoms with Gasteiger partial charge in [0.05, 0.1) is 11.9 Å². The lowest BCUT2D eigenvalue weighted by Crippen LogP contribution is -2.11. The van der Waals surface area contributed by atoms with Gasteiger partial charge in [0.15, 0.2) is 0 Å². The molecule has 3 aromatic rings. The standard InChI is InChI=1S/C19H18BrN3S/c1-13-7-8-14(2)16(9-13)11-22-23-18(12-24-19(23)21-3)15-5-4-6-17(20)10-15/h4-12H,1-3H3/b21-19?,22-11+. The summed E-state index contributed by atoms with van der Waals surface area (Å²) in [4.78, 5) is 5.21. The fourth-order valence-electron chi connectivity index (χ4n) is 2.43. The molecule has 0 saturated heterocycles. The molecule has 0 radical (unpaired) electrons. The monoisotopic (exact) mass is 399 g/mol. The maximum absolute atomic E-state index is 4.71. The quantitative estimate of drug-likeness (QED) is 0.554. The molecule has 0 atom stereocenters. The summed E-state index contributed by atoms with van der Waals surface area (Å²) in [5.41, 5.74) is 5.69. The van der Waals surface area contributed by atoms with Gasteiger partial charge < -0.3 is 0 Å². The lowest BCUT2D eigenvalue weighted by Gasteiger charge is -2.05. The van der Waals surface area contributed by atoms with Gasteiger partial charge in [0, 0.05) is 22.5 Å². The molecule has 0 bridgehead atoms. The van der Waals surface area contributed by atoms with Crippen LogP contribution in [0, 0.1) is 13.8 Å². The van der Waals surface area contributed by atoms with Gasteiger partial charge in [-0.25, -0.2) is 4.68 Å². The third kappa shape index (κ3) is 3.57. The van der Waals surface area contributed by atoms with Crippen LogP contribution in [0.15, 0.2) is 62.4 Å². The van der Waals surface area contributed by atoms with E-state index in [1.807, 2.05) is 23.0 Å². The fourth-order valence-corrected chi connectivity index (χ4v) is 3.63. The lowest BCUT2D eigenvalue weighted by atomic mass is 10.1. The first-order valence-electron chi connectivity index (χ1n) is 7.59. The predicted molar refractivity (Wildman–Crippen MR) is 106 cm³/mol. The van der Waals surface area contributed by atoms with Crippen molar-refractivity contribution in [2.45, 2.75) is 13.8 Å². The topological polar surface area (TPSA) is 29.6 Å². The Hall–Kier alpha value is -1.98. The third-order valence-electron chi connectivity index (χ3n) is 3.74. The van der Waals surface area contributed by atoms with E-state index in [0.717, 1.165) is 26.1 Å². The molecule has 0 aliphatic rings. The number of benzene rings is 2. The van der Waals surface area contributed by atoms with Crippen LogP contribution in [0.3, 0.4) is 0 Å². The van der Waals surface area contributed by atoms with Gasteiger partial charge in [-0.15, -0.1) is 11.3 Å². The predicted octanol–water partition coefficient (Wildman–Crippen LogP) is 5.01. The van der Waals surface area contributed by atoms with Crippen molar-refractivity contribution < 1.29 is 0 Å². The molecular formula is C19H18BrN3S. The van der Waals surface area contributed by atoms with Crippen molar-refractivity contribution in [2.75, 3.05) is 7.05 Å². The van der Waals surface area contributed by atoms with Gasteiger partial charge in [-0.1, -0.05) is 51.8 Å². The van der Waals surface area contributed by atoms with Crippen LogP contribution < -0.4 is 4.80 Å². The van der Waals surface area contributed by atoms with Gasteiger partial charge in [-0.05, 0) is 37.1 Å². The minimum atomic E-state index is 0.867. The summed E-state index contributed by atoms with van der Waals surface area (Å²) in [5, 5.41) is 6.80. The molecule has 122 valence electrons. The Balaban J connectivity index is 2.09. The van der Waals surface area contributed by atoms with Crippen LogP contribution in [0.5, 0.6) is 0 Å². The summed E-state index contributed by atoms with van der Waals surface area (Å²) in [6.45, 7) is 4.19. The smallest absolute Gasteiger partial charge is 0.205 e. The number of hydrogen-bond acceptors (Lipinski definition) is 3. The van der Waals surface area contributed by atoms with Gasteiger partial charge in [0.25, 0.3) is 0 Å². The molecule has 1 heterocycles. The zero-order valence-electron chi connectivity index (χ0n) is 13.8. The highest BCUT2D eigenvalue weighted by atomic mass is 79.9. The van der Waals surface area contributed by atoms with E-state index < -0.39 is 0 Å². The summed E-state index contributed by atoms with van der Waals surface area (Å²) in [7, 11) is 1.79. The van der Waals surface area contributed by atoms with Crippen LogP contribution in [0.4, 0.5) is 0 Å². The van der Waals surface area contributed by atoms with Crippen molar-refractivity contribution in [3.05, 3.63) is 73.8 Å². The molecule has 0 aliphatic carbocycles. The second-order valence-corrected chi connectivity index (χ2v) is 7.31. The van der Waals surface area contributed by atoms with E-state index in [1.165, 1.54) is 11.1 Å². The van der Waals surface area contributed by atoms with Crippen molar-refractivity contribution in [3.63, 3.8) is 0 Å². The largest absolute Gasteiger partial charge is 0.261 e. The highest BCUT2D eigenvalue weighted by molar-refractivity contribution is 9.10. The molecular weight excluding hydrogens is 382 g/mol. The zero-order valence-corrected chi connectivity index (χ0v) is 16.2. The molecule has 0 saturated carbocycles. The normalized spacial score (nSPS) is 12.2. The van der Waals surface area contributed by atoms with Crippen LogP contribution in [0.1, 0.15) is 16.7 Å². The van der Waals surface area contributed by atoms with Gasteiger partial charge >= 0.3 is 0 Å². The Morgan fingerprint density at radius 3 is 2.71 bits per heavy atom. The molecule has 0 aliphatic heterocycles. The minimum absolute atomic E-state index is 0.867. The second-order valence-electron chi connectivity index (χ2n) is 5.55. The molecule has 5 heteroatoms. The van der Waals surface area contributed by atoms with E-state index in [0.29, 0.717) is 0 Å². The number of aryl methyl sites for hydroxylation is 2. The van der Waals surface area contributed by atoms with E-state index in [1.54, 1.807) is 18.4 Å². The zero-order chi connectivity index (χ0) is 17.1. The number of nitrogens with zero attached hydrogens (tertiary/aromatic N) is 3. The Morgan fingerprint density at radius 1 is 1.12 bits per heavy atom. The van der Waals surface area contributed by atoms with E-state index >= 15 is 0 Å². The molecule has 1 aromatic heterocycles.